The number of hydrogen-bond acceptors (Lipinski definition) is 5. The molecule has 0 saturated carbocycles. The summed E-state index contributed by atoms with van der Waals surface area (Å²) in [6.45, 7) is -0.210. The van der Waals surface area contributed by atoms with Gasteiger partial charge in [-0.3, -0.25) is 13.8 Å². The zero-order valence-corrected chi connectivity index (χ0v) is 22.9. The minimum Gasteiger partial charge on any atom is -0.322 e. The molecule has 0 aromatic heterocycles. The Morgan fingerprint density at radius 1 is 0.846 bits per heavy atom. The number of benzene rings is 4. The molecule has 39 heavy (non-hydrogen) atoms. The predicted octanol–water partition coefficient (Wildman–Crippen LogP) is 5.50. The molecule has 0 heterocycles. The minimum absolute atomic E-state index is 0.0134. The normalized spacial score (nSPS) is 11.6. The highest BCUT2D eigenvalue weighted by atomic mass is 35.5. The number of amides is 1. The Labute approximate surface area is 231 Å². The molecule has 12 heteroatoms. The number of nitrogens with zero attached hydrogens (tertiary/aromatic N) is 1. The van der Waals surface area contributed by atoms with Crippen molar-refractivity contribution < 1.29 is 26.0 Å². The van der Waals surface area contributed by atoms with Crippen LogP contribution in [0.1, 0.15) is 15.9 Å². The van der Waals surface area contributed by atoms with Gasteiger partial charge in [0.05, 0.1) is 29.1 Å². The first-order chi connectivity index (χ1) is 18.4. The SMILES string of the molecule is CS(=O)(=O)N(Cc1ccccc1F)c1ccc(C(=O)Nc2ccc(S(=O)(=O)Nc3cccc(Cl)c3)cc2)cc1. The summed E-state index contributed by atoms with van der Waals surface area (Å²) in [5.41, 5.74) is 1.37. The van der Waals surface area contributed by atoms with Crippen molar-refractivity contribution in [1.82, 2.24) is 0 Å². The van der Waals surface area contributed by atoms with Crippen LogP contribution >= 0.6 is 11.6 Å². The average Bonchev–Trinajstić information content (AvgIpc) is 2.88. The highest BCUT2D eigenvalue weighted by Gasteiger charge is 2.20. The summed E-state index contributed by atoms with van der Waals surface area (Å²) in [4.78, 5) is 12.7. The molecule has 2 N–H and O–H groups in total. The van der Waals surface area contributed by atoms with E-state index in [1.54, 1.807) is 24.3 Å². The largest absolute Gasteiger partial charge is 0.322 e. The van der Waals surface area contributed by atoms with Gasteiger partial charge in [0, 0.05) is 21.8 Å². The number of sulfonamides is 2. The fourth-order valence-corrected chi connectivity index (χ4v) is 5.77. The summed E-state index contributed by atoms with van der Waals surface area (Å²) in [7, 11) is -7.62. The maximum Gasteiger partial charge on any atom is 0.261 e. The Kier molecular flexibility index (Phi) is 8.24. The number of halogens is 2. The number of nitrogens with one attached hydrogen (secondary N) is 2. The maximum absolute atomic E-state index is 14.1. The topological polar surface area (TPSA) is 113 Å². The lowest BCUT2D eigenvalue weighted by Gasteiger charge is -2.23. The van der Waals surface area contributed by atoms with Gasteiger partial charge >= 0.3 is 0 Å². The monoisotopic (exact) mass is 587 g/mol. The lowest BCUT2D eigenvalue weighted by molar-refractivity contribution is 0.102. The molecule has 0 aliphatic rings. The molecule has 0 bridgehead atoms. The Morgan fingerprint density at radius 2 is 1.51 bits per heavy atom. The minimum atomic E-state index is -3.88. The molecule has 0 radical (unpaired) electrons. The molecule has 0 atom stereocenters. The van der Waals surface area contributed by atoms with Crippen LogP contribution in [0.5, 0.6) is 0 Å². The van der Waals surface area contributed by atoms with Gasteiger partial charge in [-0.1, -0.05) is 35.9 Å². The van der Waals surface area contributed by atoms with Crippen molar-refractivity contribution in [2.45, 2.75) is 11.4 Å². The molecular weight excluding hydrogens is 565 g/mol. The number of carbonyl (C=O) groups is 1. The number of hydrogen-bond donors (Lipinski definition) is 2. The zero-order valence-electron chi connectivity index (χ0n) is 20.5. The van der Waals surface area contributed by atoms with Crippen molar-refractivity contribution >= 4 is 54.6 Å². The fraction of sp³-hybridized carbons (Fsp3) is 0.0741. The molecule has 1 amide bonds. The van der Waals surface area contributed by atoms with E-state index in [0.29, 0.717) is 16.4 Å². The van der Waals surface area contributed by atoms with E-state index in [2.05, 4.69) is 10.0 Å². The number of carbonyl (C=O) groups excluding carboxylic acids is 1. The highest BCUT2D eigenvalue weighted by Crippen LogP contribution is 2.24. The molecule has 0 aliphatic carbocycles. The van der Waals surface area contributed by atoms with Gasteiger partial charge in [0.2, 0.25) is 10.0 Å². The Balaban J connectivity index is 1.45. The van der Waals surface area contributed by atoms with Crippen LogP contribution in [-0.2, 0) is 26.6 Å². The van der Waals surface area contributed by atoms with E-state index in [1.165, 1.54) is 72.8 Å². The third kappa shape index (κ3) is 7.14. The molecule has 0 saturated heterocycles. The first kappa shape index (κ1) is 28.1. The summed E-state index contributed by atoms with van der Waals surface area (Å²) in [5, 5.41) is 3.05. The molecule has 4 aromatic rings. The molecule has 0 fully saturated rings. The zero-order chi connectivity index (χ0) is 28.2. The summed E-state index contributed by atoms with van der Waals surface area (Å²) in [6, 6.07) is 23.5. The molecule has 202 valence electrons. The molecule has 4 rings (SSSR count). The van der Waals surface area contributed by atoms with Gasteiger partial charge < -0.3 is 5.32 Å². The third-order valence-electron chi connectivity index (χ3n) is 5.59. The van der Waals surface area contributed by atoms with Gasteiger partial charge in [0.1, 0.15) is 5.82 Å². The summed E-state index contributed by atoms with van der Waals surface area (Å²) in [5.74, 6) is -1.02. The van der Waals surface area contributed by atoms with Crippen molar-refractivity contribution in [1.29, 1.82) is 0 Å². The van der Waals surface area contributed by atoms with E-state index in [1.807, 2.05) is 0 Å². The van der Waals surface area contributed by atoms with E-state index >= 15 is 0 Å². The Bertz CT molecular complexity index is 1710. The molecule has 0 aliphatic heterocycles. The molecule has 0 unspecified atom stereocenters. The van der Waals surface area contributed by atoms with Crippen molar-refractivity contribution in [2.24, 2.45) is 0 Å². The molecular formula is C27H23ClFN3O5S2. The van der Waals surface area contributed by atoms with Crippen molar-refractivity contribution in [3.8, 4) is 0 Å². The van der Waals surface area contributed by atoms with Crippen LogP contribution in [0.3, 0.4) is 0 Å². The molecule has 0 spiro atoms. The van der Waals surface area contributed by atoms with E-state index < -0.39 is 31.8 Å². The van der Waals surface area contributed by atoms with Crippen molar-refractivity contribution in [2.75, 3.05) is 20.6 Å². The van der Waals surface area contributed by atoms with Crippen LogP contribution < -0.4 is 14.3 Å². The van der Waals surface area contributed by atoms with E-state index in [-0.39, 0.29) is 28.3 Å². The average molecular weight is 588 g/mol. The van der Waals surface area contributed by atoms with E-state index in [0.717, 1.165) is 10.6 Å². The van der Waals surface area contributed by atoms with Crippen molar-refractivity contribution in [3.63, 3.8) is 0 Å². The number of rotatable bonds is 9. The highest BCUT2D eigenvalue weighted by molar-refractivity contribution is 7.92. The number of anilines is 3. The maximum atomic E-state index is 14.1. The standard InChI is InChI=1S/C27H23ClFN3O5S2/c1-38(34,35)32(18-20-5-2-3-8-26(20)29)24-13-9-19(10-14-24)27(33)30-22-11-15-25(16-12-22)39(36,37)31-23-7-4-6-21(28)17-23/h2-17,31H,18H2,1H3,(H,30,33). The van der Waals surface area contributed by atoms with Crippen LogP contribution in [0.2, 0.25) is 5.02 Å². The smallest absolute Gasteiger partial charge is 0.261 e. The van der Waals surface area contributed by atoms with Gasteiger partial charge in [-0.05, 0) is 72.8 Å². The Hall–Kier alpha value is -3.93. The fourth-order valence-electron chi connectivity index (χ4n) is 3.65. The van der Waals surface area contributed by atoms with Crippen LogP contribution in [0, 0.1) is 5.82 Å². The van der Waals surface area contributed by atoms with Gasteiger partial charge in [-0.15, -0.1) is 0 Å². The van der Waals surface area contributed by atoms with Crippen LogP contribution in [-0.4, -0.2) is 29.0 Å². The first-order valence-corrected chi connectivity index (χ1v) is 15.1. The van der Waals surface area contributed by atoms with Crippen LogP contribution in [0.25, 0.3) is 0 Å². The lowest BCUT2D eigenvalue weighted by Crippen LogP contribution is -2.29. The van der Waals surface area contributed by atoms with Gasteiger partial charge in [-0.2, -0.15) is 0 Å². The second-order valence-electron chi connectivity index (χ2n) is 8.50. The Morgan fingerprint density at radius 3 is 2.13 bits per heavy atom. The second-order valence-corrected chi connectivity index (χ2v) is 12.5. The summed E-state index contributed by atoms with van der Waals surface area (Å²) >= 11 is 5.90. The van der Waals surface area contributed by atoms with E-state index in [9.17, 15) is 26.0 Å². The summed E-state index contributed by atoms with van der Waals surface area (Å²) < 4.78 is 67.7. The predicted molar refractivity (Wildman–Crippen MR) is 151 cm³/mol. The van der Waals surface area contributed by atoms with Gasteiger partial charge in [0.25, 0.3) is 15.9 Å². The lowest BCUT2D eigenvalue weighted by atomic mass is 10.1. The van der Waals surface area contributed by atoms with E-state index in [4.69, 9.17) is 11.6 Å². The molecule has 4 aromatic carbocycles. The molecule has 8 nitrogen and oxygen atoms in total. The summed E-state index contributed by atoms with van der Waals surface area (Å²) in [6.07, 6.45) is 1.02. The van der Waals surface area contributed by atoms with Gasteiger partial charge in [0.15, 0.2) is 0 Å². The quantitative estimate of drug-likeness (QED) is 0.269. The second kappa shape index (κ2) is 11.4. The van der Waals surface area contributed by atoms with Gasteiger partial charge in [-0.25, -0.2) is 21.2 Å². The first-order valence-electron chi connectivity index (χ1n) is 11.4. The van der Waals surface area contributed by atoms with Crippen LogP contribution in [0.15, 0.2) is 102 Å². The van der Waals surface area contributed by atoms with Crippen molar-refractivity contribution in [3.05, 3.63) is 119 Å². The van der Waals surface area contributed by atoms with Crippen LogP contribution in [0.4, 0.5) is 21.5 Å². The third-order valence-corrected chi connectivity index (χ3v) is 8.36.